The molecule has 1 aliphatic rings. The highest BCUT2D eigenvalue weighted by Gasteiger charge is 2.31. The lowest BCUT2D eigenvalue weighted by molar-refractivity contribution is -0.0918. The largest absolute Gasteiger partial charge is 0.390 e. The SMILES string of the molecule is CCC(C)(OC)C(O)Cc1ccn(C2CCCCC2)n1. The lowest BCUT2D eigenvalue weighted by Crippen LogP contribution is -2.42. The minimum absolute atomic E-state index is 0.491. The summed E-state index contributed by atoms with van der Waals surface area (Å²) < 4.78 is 7.55. The van der Waals surface area contributed by atoms with Crippen LogP contribution in [0.5, 0.6) is 0 Å². The molecule has 2 atom stereocenters. The maximum Gasteiger partial charge on any atom is 0.0909 e. The predicted octanol–water partition coefficient (Wildman–Crippen LogP) is 3.11. The first-order valence-electron chi connectivity index (χ1n) is 7.86. The summed E-state index contributed by atoms with van der Waals surface area (Å²) in [5.41, 5.74) is 0.467. The predicted molar refractivity (Wildman–Crippen MR) is 79.8 cm³/mol. The van der Waals surface area contributed by atoms with Gasteiger partial charge in [-0.3, -0.25) is 4.68 Å². The maximum absolute atomic E-state index is 10.4. The van der Waals surface area contributed by atoms with Crippen molar-refractivity contribution in [2.24, 2.45) is 0 Å². The van der Waals surface area contributed by atoms with E-state index in [1.165, 1.54) is 32.1 Å². The second-order valence-electron chi connectivity index (χ2n) is 6.17. The average molecular weight is 280 g/mol. The van der Waals surface area contributed by atoms with Gasteiger partial charge >= 0.3 is 0 Å². The lowest BCUT2D eigenvalue weighted by atomic mass is 9.92. The van der Waals surface area contributed by atoms with Crippen LogP contribution in [0.25, 0.3) is 0 Å². The highest BCUT2D eigenvalue weighted by atomic mass is 16.5. The summed E-state index contributed by atoms with van der Waals surface area (Å²) in [5, 5.41) is 15.0. The Labute approximate surface area is 122 Å². The zero-order valence-electron chi connectivity index (χ0n) is 13.0. The second-order valence-corrected chi connectivity index (χ2v) is 6.17. The number of methoxy groups -OCH3 is 1. The number of rotatable bonds is 6. The maximum atomic E-state index is 10.4. The minimum atomic E-state index is -0.521. The smallest absolute Gasteiger partial charge is 0.0909 e. The van der Waals surface area contributed by atoms with Crippen molar-refractivity contribution in [3.8, 4) is 0 Å². The third kappa shape index (κ3) is 3.41. The van der Waals surface area contributed by atoms with E-state index in [1.54, 1.807) is 7.11 Å². The molecule has 1 aromatic heterocycles. The molecule has 4 heteroatoms. The van der Waals surface area contributed by atoms with E-state index in [0.29, 0.717) is 12.5 Å². The molecule has 0 aromatic carbocycles. The van der Waals surface area contributed by atoms with E-state index in [2.05, 4.69) is 16.0 Å². The molecule has 0 bridgehead atoms. The van der Waals surface area contributed by atoms with Crippen LogP contribution in [0, 0.1) is 0 Å². The Morgan fingerprint density at radius 2 is 2.15 bits per heavy atom. The fourth-order valence-electron chi connectivity index (χ4n) is 2.97. The van der Waals surface area contributed by atoms with Crippen molar-refractivity contribution in [3.63, 3.8) is 0 Å². The second kappa shape index (κ2) is 6.72. The van der Waals surface area contributed by atoms with Crippen molar-refractivity contribution in [1.82, 2.24) is 9.78 Å². The van der Waals surface area contributed by atoms with Gasteiger partial charge in [0.15, 0.2) is 0 Å². The number of aliphatic hydroxyl groups excluding tert-OH is 1. The third-order valence-electron chi connectivity index (χ3n) is 4.89. The van der Waals surface area contributed by atoms with Crippen molar-refractivity contribution < 1.29 is 9.84 Å². The number of hydrogen-bond acceptors (Lipinski definition) is 3. The molecule has 1 aliphatic carbocycles. The van der Waals surface area contributed by atoms with Gasteiger partial charge < -0.3 is 9.84 Å². The number of aliphatic hydroxyl groups is 1. The molecule has 0 aliphatic heterocycles. The van der Waals surface area contributed by atoms with Crippen LogP contribution in [-0.2, 0) is 11.2 Å². The van der Waals surface area contributed by atoms with Gasteiger partial charge in [-0.2, -0.15) is 5.10 Å². The summed E-state index contributed by atoms with van der Waals surface area (Å²) in [6.45, 7) is 3.99. The number of aromatic nitrogens is 2. The van der Waals surface area contributed by atoms with Crippen LogP contribution >= 0.6 is 0 Å². The molecule has 2 rings (SSSR count). The van der Waals surface area contributed by atoms with Gasteiger partial charge in [0, 0.05) is 19.7 Å². The first-order chi connectivity index (χ1) is 9.59. The van der Waals surface area contributed by atoms with Gasteiger partial charge in [0.25, 0.3) is 0 Å². The Balaban J connectivity index is 1.98. The molecule has 114 valence electrons. The topological polar surface area (TPSA) is 47.3 Å². The van der Waals surface area contributed by atoms with Crippen LogP contribution < -0.4 is 0 Å². The van der Waals surface area contributed by atoms with Gasteiger partial charge in [0.1, 0.15) is 0 Å². The summed E-state index contributed by atoms with van der Waals surface area (Å²) in [7, 11) is 1.66. The van der Waals surface area contributed by atoms with Crippen LogP contribution in [0.15, 0.2) is 12.3 Å². The molecular weight excluding hydrogens is 252 g/mol. The quantitative estimate of drug-likeness (QED) is 0.871. The standard InChI is InChI=1S/C16H28N2O2/c1-4-16(2,20-3)15(19)12-13-10-11-18(17-13)14-8-6-5-7-9-14/h10-11,14-15,19H,4-9,12H2,1-3H3. The van der Waals surface area contributed by atoms with Crippen LogP contribution in [0.2, 0.25) is 0 Å². The normalized spacial score (nSPS) is 21.6. The van der Waals surface area contributed by atoms with Gasteiger partial charge in [-0.25, -0.2) is 0 Å². The molecule has 20 heavy (non-hydrogen) atoms. The van der Waals surface area contributed by atoms with Gasteiger partial charge in [-0.1, -0.05) is 26.2 Å². The fourth-order valence-corrected chi connectivity index (χ4v) is 2.97. The van der Waals surface area contributed by atoms with Gasteiger partial charge in [0.05, 0.1) is 23.4 Å². The first-order valence-corrected chi connectivity index (χ1v) is 7.86. The summed E-state index contributed by atoms with van der Waals surface area (Å²) in [4.78, 5) is 0. The Hall–Kier alpha value is -0.870. The van der Waals surface area contributed by atoms with Crippen molar-refractivity contribution >= 4 is 0 Å². The van der Waals surface area contributed by atoms with Crippen LogP contribution in [0.3, 0.4) is 0 Å². The zero-order valence-corrected chi connectivity index (χ0v) is 13.0. The zero-order chi connectivity index (χ0) is 14.6. The average Bonchev–Trinajstić information content (AvgIpc) is 2.95. The van der Waals surface area contributed by atoms with Crippen molar-refractivity contribution in [2.75, 3.05) is 7.11 Å². The number of ether oxygens (including phenoxy) is 1. The molecule has 2 unspecified atom stereocenters. The summed E-state index contributed by atoms with van der Waals surface area (Å²) >= 11 is 0. The van der Waals surface area contributed by atoms with E-state index >= 15 is 0 Å². The molecular formula is C16H28N2O2. The summed E-state index contributed by atoms with van der Waals surface area (Å²) in [5.74, 6) is 0. The minimum Gasteiger partial charge on any atom is -0.390 e. The van der Waals surface area contributed by atoms with E-state index < -0.39 is 11.7 Å². The monoisotopic (exact) mass is 280 g/mol. The molecule has 0 spiro atoms. The molecule has 1 heterocycles. The lowest BCUT2D eigenvalue weighted by Gasteiger charge is -2.31. The van der Waals surface area contributed by atoms with Crippen LogP contribution in [0.1, 0.15) is 64.1 Å². The highest BCUT2D eigenvalue weighted by molar-refractivity contribution is 5.04. The van der Waals surface area contributed by atoms with Gasteiger partial charge in [0.2, 0.25) is 0 Å². The van der Waals surface area contributed by atoms with Crippen molar-refractivity contribution in [3.05, 3.63) is 18.0 Å². The Morgan fingerprint density at radius 3 is 2.75 bits per heavy atom. The summed E-state index contributed by atoms with van der Waals surface area (Å²) in [6.07, 6.45) is 9.31. The molecule has 0 amide bonds. The van der Waals surface area contributed by atoms with E-state index in [9.17, 15) is 5.11 Å². The van der Waals surface area contributed by atoms with Gasteiger partial charge in [-0.15, -0.1) is 0 Å². The molecule has 1 saturated carbocycles. The number of hydrogen-bond donors (Lipinski definition) is 1. The van der Waals surface area contributed by atoms with E-state index in [4.69, 9.17) is 4.74 Å². The third-order valence-corrected chi connectivity index (χ3v) is 4.89. The Bertz CT molecular complexity index is 406. The van der Waals surface area contributed by atoms with E-state index in [1.807, 2.05) is 19.9 Å². The van der Waals surface area contributed by atoms with Gasteiger partial charge in [-0.05, 0) is 32.3 Å². The van der Waals surface area contributed by atoms with Crippen LogP contribution in [-0.4, -0.2) is 33.7 Å². The van der Waals surface area contributed by atoms with Crippen molar-refractivity contribution in [2.45, 2.75) is 76.5 Å². The molecule has 4 nitrogen and oxygen atoms in total. The molecule has 0 radical (unpaired) electrons. The van der Waals surface area contributed by atoms with E-state index in [-0.39, 0.29) is 0 Å². The highest BCUT2D eigenvalue weighted by Crippen LogP contribution is 2.28. The molecule has 1 N–H and O–H groups in total. The van der Waals surface area contributed by atoms with E-state index in [0.717, 1.165) is 12.1 Å². The molecule has 1 fully saturated rings. The van der Waals surface area contributed by atoms with Crippen molar-refractivity contribution in [1.29, 1.82) is 0 Å². The Morgan fingerprint density at radius 1 is 1.45 bits per heavy atom. The fraction of sp³-hybridized carbons (Fsp3) is 0.812. The Kier molecular flexibility index (Phi) is 5.22. The molecule has 1 aromatic rings. The molecule has 0 saturated heterocycles. The van der Waals surface area contributed by atoms with Crippen LogP contribution in [0.4, 0.5) is 0 Å². The summed E-state index contributed by atoms with van der Waals surface area (Å²) in [6, 6.07) is 2.58. The number of nitrogens with zero attached hydrogens (tertiary/aromatic N) is 2. The first kappa shape index (κ1) is 15.5.